The van der Waals surface area contributed by atoms with Gasteiger partial charge in [0.1, 0.15) is 11.6 Å². The molecule has 0 saturated heterocycles. The number of aliphatic carboxylic acids is 1. The summed E-state index contributed by atoms with van der Waals surface area (Å²) in [6.45, 7) is 1.96. The summed E-state index contributed by atoms with van der Waals surface area (Å²) in [5.74, 6) is -1.76. The number of ether oxygens (including phenoxy) is 2. The fraction of sp³-hybridized carbons (Fsp3) is 0.364. The Morgan fingerprint density at radius 1 is 1.24 bits per heavy atom. The second-order valence-corrected chi connectivity index (χ2v) is 7.51. The largest absolute Gasteiger partial charge is 0.480 e. The van der Waals surface area contributed by atoms with E-state index in [0.29, 0.717) is 11.4 Å². The fourth-order valence-corrected chi connectivity index (χ4v) is 3.78. The summed E-state index contributed by atoms with van der Waals surface area (Å²) in [5, 5.41) is 13.5. The van der Waals surface area contributed by atoms with Crippen molar-refractivity contribution in [3.63, 3.8) is 0 Å². The van der Waals surface area contributed by atoms with Crippen LogP contribution in [0, 0.1) is 0 Å². The molecule has 1 aliphatic rings. The molecule has 1 saturated carbocycles. The van der Waals surface area contributed by atoms with Crippen LogP contribution in [-0.4, -0.2) is 48.9 Å². The highest BCUT2D eigenvalue weighted by Gasteiger charge is 2.62. The van der Waals surface area contributed by atoms with Crippen molar-refractivity contribution in [2.45, 2.75) is 30.8 Å². The van der Waals surface area contributed by atoms with Crippen molar-refractivity contribution in [2.24, 2.45) is 0 Å². The van der Waals surface area contributed by atoms with E-state index in [1.54, 1.807) is 6.92 Å². The third-order valence-electron chi connectivity index (χ3n) is 5.15. The maximum Gasteiger partial charge on any atom is 0.325 e. The van der Waals surface area contributed by atoms with E-state index in [-0.39, 0.29) is 19.1 Å². The van der Waals surface area contributed by atoms with Gasteiger partial charge in [0, 0.05) is 18.1 Å². The zero-order chi connectivity index (χ0) is 21.0. The molecule has 0 aromatic heterocycles. The minimum absolute atomic E-state index is 0.0360. The third-order valence-corrected chi connectivity index (χ3v) is 5.38. The number of halogens is 1. The number of carbonyl (C=O) groups excluding carboxylic acids is 1. The quantitative estimate of drug-likeness (QED) is 0.607. The van der Waals surface area contributed by atoms with Gasteiger partial charge >= 0.3 is 11.9 Å². The Hall–Kier alpha value is -2.41. The summed E-state index contributed by atoms with van der Waals surface area (Å²) in [6, 6.07) is 14.4. The standard InChI is InChI=1S/C22H24ClNO5/c1-3-29-20(25)19(13-28-2)24-22(21(26)27)12-18(22)15-9-7-14(8-10-15)16-5-4-6-17(23)11-16/h4-11,18-19,24H,3,12-13H2,1-2H3,(H,26,27)/t18-,19-,22?/m0/s1. The van der Waals surface area contributed by atoms with E-state index in [9.17, 15) is 14.7 Å². The molecule has 0 aliphatic heterocycles. The van der Waals surface area contributed by atoms with Crippen LogP contribution in [0.5, 0.6) is 0 Å². The Balaban J connectivity index is 1.78. The maximum absolute atomic E-state index is 12.2. The van der Waals surface area contributed by atoms with Crippen LogP contribution in [0.15, 0.2) is 48.5 Å². The molecule has 0 bridgehead atoms. The van der Waals surface area contributed by atoms with Gasteiger partial charge in [0.05, 0.1) is 13.2 Å². The number of benzene rings is 2. The lowest BCUT2D eigenvalue weighted by atomic mass is 10.00. The van der Waals surface area contributed by atoms with Crippen molar-refractivity contribution in [3.05, 3.63) is 59.1 Å². The zero-order valence-corrected chi connectivity index (χ0v) is 17.1. The first kappa shape index (κ1) is 21.3. The fourth-order valence-electron chi connectivity index (χ4n) is 3.59. The highest BCUT2D eigenvalue weighted by Crippen LogP contribution is 2.52. The number of carboxylic acid groups (broad SMARTS) is 1. The lowest BCUT2D eigenvalue weighted by Crippen LogP contribution is -2.52. The smallest absolute Gasteiger partial charge is 0.325 e. The number of carboxylic acids is 1. The molecule has 6 nitrogen and oxygen atoms in total. The number of carbonyl (C=O) groups is 2. The van der Waals surface area contributed by atoms with Crippen LogP contribution >= 0.6 is 11.6 Å². The monoisotopic (exact) mass is 417 g/mol. The average Bonchev–Trinajstić information content (AvgIpc) is 3.44. The average molecular weight is 418 g/mol. The molecule has 3 rings (SSSR count). The van der Waals surface area contributed by atoms with E-state index >= 15 is 0 Å². The number of hydrogen-bond donors (Lipinski definition) is 2. The molecule has 1 aliphatic carbocycles. The third kappa shape index (κ3) is 4.61. The predicted octanol–water partition coefficient (Wildman–Crippen LogP) is 3.49. The molecular weight excluding hydrogens is 394 g/mol. The predicted molar refractivity (Wildman–Crippen MR) is 110 cm³/mol. The van der Waals surface area contributed by atoms with Gasteiger partial charge in [0.2, 0.25) is 0 Å². The van der Waals surface area contributed by atoms with E-state index in [4.69, 9.17) is 21.1 Å². The molecular formula is C22H24ClNO5. The van der Waals surface area contributed by atoms with Crippen LogP contribution < -0.4 is 5.32 Å². The van der Waals surface area contributed by atoms with Crippen LogP contribution in [0.1, 0.15) is 24.8 Å². The minimum atomic E-state index is -1.21. The molecule has 0 amide bonds. The summed E-state index contributed by atoms with van der Waals surface area (Å²) in [6.07, 6.45) is 0.387. The molecule has 1 unspecified atom stereocenters. The van der Waals surface area contributed by atoms with E-state index in [2.05, 4.69) is 5.32 Å². The zero-order valence-electron chi connectivity index (χ0n) is 16.4. The molecule has 0 heterocycles. The Labute approximate surface area is 174 Å². The minimum Gasteiger partial charge on any atom is -0.480 e. The van der Waals surface area contributed by atoms with Crippen LogP contribution in [0.4, 0.5) is 0 Å². The van der Waals surface area contributed by atoms with Crippen molar-refractivity contribution >= 4 is 23.5 Å². The van der Waals surface area contributed by atoms with Crippen molar-refractivity contribution in [1.29, 1.82) is 0 Å². The van der Waals surface area contributed by atoms with Crippen LogP contribution in [-0.2, 0) is 19.1 Å². The molecule has 0 spiro atoms. The van der Waals surface area contributed by atoms with Gasteiger partial charge in [-0.1, -0.05) is 48.0 Å². The van der Waals surface area contributed by atoms with Crippen molar-refractivity contribution in [2.75, 3.05) is 20.3 Å². The molecule has 154 valence electrons. The number of methoxy groups -OCH3 is 1. The van der Waals surface area contributed by atoms with E-state index < -0.39 is 23.5 Å². The second kappa shape index (κ2) is 8.95. The van der Waals surface area contributed by atoms with Crippen molar-refractivity contribution in [3.8, 4) is 11.1 Å². The van der Waals surface area contributed by atoms with Crippen LogP contribution in [0.3, 0.4) is 0 Å². The Morgan fingerprint density at radius 2 is 1.97 bits per heavy atom. The highest BCUT2D eigenvalue weighted by atomic mass is 35.5. The van der Waals surface area contributed by atoms with E-state index in [1.165, 1.54) is 7.11 Å². The summed E-state index contributed by atoms with van der Waals surface area (Å²) in [4.78, 5) is 24.2. The molecule has 2 aromatic rings. The second-order valence-electron chi connectivity index (χ2n) is 7.07. The Bertz CT molecular complexity index is 885. The molecule has 2 aromatic carbocycles. The van der Waals surface area contributed by atoms with Gasteiger partial charge in [-0.15, -0.1) is 0 Å². The van der Waals surface area contributed by atoms with Gasteiger partial charge in [-0.25, -0.2) is 0 Å². The maximum atomic E-state index is 12.2. The SMILES string of the molecule is CCOC(=O)[C@H](COC)NC1(C(=O)O)C[C@H]1c1ccc(-c2cccc(Cl)c2)cc1. The Kier molecular flexibility index (Phi) is 6.57. The van der Waals surface area contributed by atoms with Crippen molar-refractivity contribution in [1.82, 2.24) is 5.32 Å². The normalized spacial score (nSPS) is 21.4. The van der Waals surface area contributed by atoms with E-state index in [0.717, 1.165) is 16.7 Å². The number of rotatable bonds is 9. The lowest BCUT2D eigenvalue weighted by molar-refractivity contribution is -0.149. The first-order valence-corrected chi connectivity index (χ1v) is 9.81. The van der Waals surface area contributed by atoms with Gasteiger partial charge in [-0.3, -0.25) is 14.9 Å². The van der Waals surface area contributed by atoms with Gasteiger partial charge in [-0.05, 0) is 42.2 Å². The first-order valence-electron chi connectivity index (χ1n) is 9.44. The van der Waals surface area contributed by atoms with Gasteiger partial charge in [-0.2, -0.15) is 0 Å². The summed E-state index contributed by atoms with van der Waals surface area (Å²) >= 11 is 6.06. The number of hydrogen-bond acceptors (Lipinski definition) is 5. The summed E-state index contributed by atoms with van der Waals surface area (Å²) in [5.41, 5.74) is 1.67. The molecule has 0 radical (unpaired) electrons. The lowest BCUT2D eigenvalue weighted by Gasteiger charge is -2.22. The van der Waals surface area contributed by atoms with E-state index in [1.807, 2.05) is 48.5 Å². The number of esters is 1. The molecule has 3 atom stereocenters. The molecule has 29 heavy (non-hydrogen) atoms. The number of nitrogens with one attached hydrogen (secondary N) is 1. The van der Waals surface area contributed by atoms with Crippen LogP contribution in [0.2, 0.25) is 5.02 Å². The summed E-state index contributed by atoms with van der Waals surface area (Å²) in [7, 11) is 1.46. The molecule has 2 N–H and O–H groups in total. The Morgan fingerprint density at radius 3 is 2.55 bits per heavy atom. The topological polar surface area (TPSA) is 84.9 Å². The van der Waals surface area contributed by atoms with Gasteiger partial charge in [0.15, 0.2) is 0 Å². The summed E-state index contributed by atoms with van der Waals surface area (Å²) < 4.78 is 10.1. The van der Waals surface area contributed by atoms with Gasteiger partial charge < -0.3 is 14.6 Å². The first-order chi connectivity index (χ1) is 13.9. The van der Waals surface area contributed by atoms with Crippen LogP contribution in [0.25, 0.3) is 11.1 Å². The molecule has 7 heteroatoms. The van der Waals surface area contributed by atoms with Crippen molar-refractivity contribution < 1.29 is 24.2 Å². The molecule has 1 fully saturated rings. The highest BCUT2D eigenvalue weighted by molar-refractivity contribution is 6.30. The van der Waals surface area contributed by atoms with Gasteiger partial charge in [0.25, 0.3) is 0 Å².